The number of hydrogen-bond donors (Lipinski definition) is 2. The highest BCUT2D eigenvalue weighted by molar-refractivity contribution is 7.89. The zero-order valence-corrected chi connectivity index (χ0v) is 17.2. The zero-order valence-electron chi connectivity index (χ0n) is 16.4. The minimum atomic E-state index is -3.64. The molecule has 0 atom stereocenters. The van der Waals surface area contributed by atoms with E-state index in [2.05, 4.69) is 15.0 Å². The fourth-order valence-corrected chi connectivity index (χ4v) is 3.60. The Balaban J connectivity index is 1.48. The van der Waals surface area contributed by atoms with Gasteiger partial charge in [0.2, 0.25) is 5.91 Å². The third-order valence-electron chi connectivity index (χ3n) is 4.37. The van der Waals surface area contributed by atoms with Gasteiger partial charge in [0.1, 0.15) is 0 Å². The summed E-state index contributed by atoms with van der Waals surface area (Å²) in [4.78, 5) is 16.3. The Labute approximate surface area is 176 Å². The van der Waals surface area contributed by atoms with Crippen LogP contribution in [0.4, 0.5) is 0 Å². The molecule has 0 bridgehead atoms. The van der Waals surface area contributed by atoms with Gasteiger partial charge in [-0.2, -0.15) is 0 Å². The van der Waals surface area contributed by atoms with Crippen molar-refractivity contribution in [3.63, 3.8) is 0 Å². The first-order chi connectivity index (χ1) is 14.5. The standard InChI is InChI=1S/C23H23N3O3S/c27-23(25-18-21-8-4-5-16-24-21)14-11-20-9-12-22(13-10-20)30(28,29)26-17-15-19-6-2-1-3-7-19/h1-10,12-13,15-17,26H,11,14,18H2,(H,25,27). The van der Waals surface area contributed by atoms with E-state index in [9.17, 15) is 13.2 Å². The minimum Gasteiger partial charge on any atom is -0.350 e. The Kier molecular flexibility index (Phi) is 7.34. The number of carbonyl (C=O) groups is 1. The van der Waals surface area contributed by atoms with Crippen LogP contribution >= 0.6 is 0 Å². The summed E-state index contributed by atoms with van der Waals surface area (Å²) in [7, 11) is -3.64. The normalized spacial score (nSPS) is 11.3. The molecular weight excluding hydrogens is 398 g/mol. The lowest BCUT2D eigenvalue weighted by Gasteiger charge is -2.07. The number of benzene rings is 2. The highest BCUT2D eigenvalue weighted by Gasteiger charge is 2.12. The van der Waals surface area contributed by atoms with Gasteiger partial charge in [0.05, 0.1) is 17.1 Å². The van der Waals surface area contributed by atoms with Crippen LogP contribution in [0.2, 0.25) is 0 Å². The molecule has 2 N–H and O–H groups in total. The van der Waals surface area contributed by atoms with Crippen molar-refractivity contribution in [1.29, 1.82) is 0 Å². The Morgan fingerprint density at radius 2 is 1.67 bits per heavy atom. The van der Waals surface area contributed by atoms with Crippen LogP contribution in [0.3, 0.4) is 0 Å². The lowest BCUT2D eigenvalue weighted by molar-refractivity contribution is -0.121. The molecule has 0 spiro atoms. The van der Waals surface area contributed by atoms with Gasteiger partial charge >= 0.3 is 0 Å². The lowest BCUT2D eigenvalue weighted by Crippen LogP contribution is -2.23. The summed E-state index contributed by atoms with van der Waals surface area (Å²) in [5.74, 6) is -0.0786. The van der Waals surface area contributed by atoms with E-state index in [0.29, 0.717) is 19.4 Å². The highest BCUT2D eigenvalue weighted by atomic mass is 32.2. The number of amides is 1. The van der Waals surface area contributed by atoms with Crippen molar-refractivity contribution >= 4 is 22.0 Å². The molecule has 154 valence electrons. The molecule has 7 heteroatoms. The van der Waals surface area contributed by atoms with Gasteiger partial charge < -0.3 is 5.32 Å². The monoisotopic (exact) mass is 421 g/mol. The number of sulfonamides is 1. The van der Waals surface area contributed by atoms with E-state index in [1.165, 1.54) is 6.20 Å². The van der Waals surface area contributed by atoms with E-state index >= 15 is 0 Å². The predicted molar refractivity (Wildman–Crippen MR) is 117 cm³/mol. The fraction of sp³-hybridized carbons (Fsp3) is 0.130. The number of aromatic nitrogens is 1. The summed E-state index contributed by atoms with van der Waals surface area (Å²) in [5, 5.41) is 2.83. The number of nitrogens with one attached hydrogen (secondary N) is 2. The van der Waals surface area contributed by atoms with Gasteiger partial charge in [-0.1, -0.05) is 48.5 Å². The second kappa shape index (κ2) is 10.4. The summed E-state index contributed by atoms with van der Waals surface area (Å²) in [6.07, 6.45) is 5.62. The lowest BCUT2D eigenvalue weighted by atomic mass is 10.1. The van der Waals surface area contributed by atoms with Crippen LogP contribution < -0.4 is 10.0 Å². The van der Waals surface area contributed by atoms with Gasteiger partial charge in [-0.3, -0.25) is 14.5 Å². The molecule has 3 aromatic rings. The molecule has 0 saturated carbocycles. The van der Waals surface area contributed by atoms with Crippen LogP contribution in [0.5, 0.6) is 0 Å². The zero-order chi connectivity index (χ0) is 21.2. The van der Waals surface area contributed by atoms with Gasteiger partial charge in [-0.25, -0.2) is 8.42 Å². The van der Waals surface area contributed by atoms with E-state index in [1.807, 2.05) is 48.5 Å². The summed E-state index contributed by atoms with van der Waals surface area (Å²) in [5.41, 5.74) is 2.59. The Hall–Kier alpha value is -3.45. The third kappa shape index (κ3) is 6.56. The summed E-state index contributed by atoms with van der Waals surface area (Å²) >= 11 is 0. The summed E-state index contributed by atoms with van der Waals surface area (Å²) < 4.78 is 27.2. The summed E-state index contributed by atoms with van der Waals surface area (Å²) in [6.45, 7) is 0.388. The number of aryl methyl sites for hydroxylation is 1. The van der Waals surface area contributed by atoms with E-state index in [4.69, 9.17) is 0 Å². The SMILES string of the molecule is O=C(CCc1ccc(S(=O)(=O)NC=Cc2ccccc2)cc1)NCc1ccccn1. The molecule has 0 saturated heterocycles. The fourth-order valence-electron chi connectivity index (χ4n) is 2.73. The van der Waals surface area contributed by atoms with Crippen LogP contribution in [0.1, 0.15) is 23.2 Å². The molecule has 1 aromatic heterocycles. The van der Waals surface area contributed by atoms with Crippen LogP contribution in [0.25, 0.3) is 6.08 Å². The first-order valence-corrected chi connectivity index (χ1v) is 11.0. The maximum Gasteiger partial charge on any atom is 0.261 e. The molecule has 2 aromatic carbocycles. The van der Waals surface area contributed by atoms with Crippen molar-refractivity contribution in [1.82, 2.24) is 15.0 Å². The van der Waals surface area contributed by atoms with E-state index < -0.39 is 10.0 Å². The average Bonchev–Trinajstić information content (AvgIpc) is 2.78. The molecule has 6 nitrogen and oxygen atoms in total. The minimum absolute atomic E-state index is 0.0786. The van der Waals surface area contributed by atoms with Crippen molar-refractivity contribution in [3.8, 4) is 0 Å². The topological polar surface area (TPSA) is 88.2 Å². The predicted octanol–water partition coefficient (Wildman–Crippen LogP) is 3.28. The number of rotatable bonds is 9. The van der Waals surface area contributed by atoms with Crippen molar-refractivity contribution in [2.24, 2.45) is 0 Å². The first-order valence-electron chi connectivity index (χ1n) is 9.52. The summed E-state index contributed by atoms with van der Waals surface area (Å²) in [6, 6.07) is 21.5. The molecule has 1 heterocycles. The number of nitrogens with zero attached hydrogens (tertiary/aromatic N) is 1. The molecule has 0 aliphatic rings. The van der Waals surface area contributed by atoms with Crippen LogP contribution in [0.15, 0.2) is 90.1 Å². The van der Waals surface area contributed by atoms with Crippen LogP contribution in [-0.2, 0) is 27.8 Å². The maximum absolute atomic E-state index is 12.4. The van der Waals surface area contributed by atoms with Crippen LogP contribution in [0, 0.1) is 0 Å². The molecule has 3 rings (SSSR count). The maximum atomic E-state index is 12.4. The van der Waals surface area contributed by atoms with Crippen LogP contribution in [-0.4, -0.2) is 19.3 Å². The molecule has 1 amide bonds. The number of carbonyl (C=O) groups excluding carboxylic acids is 1. The average molecular weight is 422 g/mol. The molecule has 30 heavy (non-hydrogen) atoms. The van der Waals surface area contributed by atoms with Gasteiger partial charge in [0.15, 0.2) is 0 Å². The molecule has 0 unspecified atom stereocenters. The number of pyridine rings is 1. The third-order valence-corrected chi connectivity index (χ3v) is 5.70. The Morgan fingerprint density at radius 1 is 0.933 bits per heavy atom. The smallest absolute Gasteiger partial charge is 0.261 e. The molecule has 0 aliphatic heterocycles. The van der Waals surface area contributed by atoms with Crippen molar-refractivity contribution in [2.75, 3.05) is 0 Å². The Morgan fingerprint density at radius 3 is 2.37 bits per heavy atom. The quantitative estimate of drug-likeness (QED) is 0.555. The molecular formula is C23H23N3O3S. The molecule has 0 radical (unpaired) electrons. The van der Waals surface area contributed by atoms with Crippen molar-refractivity contribution in [3.05, 3.63) is 102 Å². The first kappa shape index (κ1) is 21.3. The van der Waals surface area contributed by atoms with E-state index in [-0.39, 0.29) is 10.8 Å². The number of hydrogen-bond acceptors (Lipinski definition) is 4. The second-order valence-corrected chi connectivity index (χ2v) is 8.32. The van der Waals surface area contributed by atoms with E-state index in [0.717, 1.165) is 16.8 Å². The van der Waals surface area contributed by atoms with E-state index in [1.54, 1.807) is 36.5 Å². The Bertz CT molecular complexity index is 1080. The van der Waals surface area contributed by atoms with Gasteiger partial charge in [-0.15, -0.1) is 0 Å². The van der Waals surface area contributed by atoms with Crippen molar-refractivity contribution in [2.45, 2.75) is 24.3 Å². The largest absolute Gasteiger partial charge is 0.350 e. The second-order valence-electron chi connectivity index (χ2n) is 6.61. The highest BCUT2D eigenvalue weighted by Crippen LogP contribution is 2.12. The molecule has 0 fully saturated rings. The molecule has 0 aliphatic carbocycles. The van der Waals surface area contributed by atoms with Gasteiger partial charge in [0, 0.05) is 18.8 Å². The van der Waals surface area contributed by atoms with Crippen molar-refractivity contribution < 1.29 is 13.2 Å². The van der Waals surface area contributed by atoms with Gasteiger partial charge in [0.25, 0.3) is 10.0 Å². The van der Waals surface area contributed by atoms with Gasteiger partial charge in [-0.05, 0) is 47.9 Å².